The summed E-state index contributed by atoms with van der Waals surface area (Å²) in [6.07, 6.45) is -0.134. The Morgan fingerprint density at radius 1 is 1.12 bits per heavy atom. The van der Waals surface area contributed by atoms with Crippen LogP contribution in [0.25, 0.3) is 0 Å². The first kappa shape index (κ1) is 18.5. The standard InChI is InChI=1S/C20H24N2O3/c1-13(2)25-19(23)12-18(15-7-5-4-6-8-15)22-20(24)17-11-16(21)10-9-14(17)3/h4-11,13,18H,12,21H2,1-3H3,(H,22,24). The van der Waals surface area contributed by atoms with E-state index in [2.05, 4.69) is 5.32 Å². The molecule has 2 aromatic carbocycles. The van der Waals surface area contributed by atoms with Gasteiger partial charge in [-0.1, -0.05) is 36.4 Å². The van der Waals surface area contributed by atoms with Gasteiger partial charge >= 0.3 is 5.97 Å². The molecule has 0 aromatic heterocycles. The van der Waals surface area contributed by atoms with E-state index < -0.39 is 6.04 Å². The van der Waals surface area contributed by atoms with Gasteiger partial charge in [-0.25, -0.2) is 0 Å². The lowest BCUT2D eigenvalue weighted by Gasteiger charge is -2.20. The number of carbonyl (C=O) groups is 2. The fourth-order valence-corrected chi connectivity index (χ4v) is 2.54. The van der Waals surface area contributed by atoms with Crippen LogP contribution in [0.1, 0.15) is 47.8 Å². The molecule has 1 atom stereocenters. The summed E-state index contributed by atoms with van der Waals surface area (Å²) < 4.78 is 5.22. The Morgan fingerprint density at radius 3 is 2.44 bits per heavy atom. The summed E-state index contributed by atoms with van der Waals surface area (Å²) in [5.41, 5.74) is 8.47. The maximum Gasteiger partial charge on any atom is 0.308 e. The molecule has 0 radical (unpaired) electrons. The monoisotopic (exact) mass is 340 g/mol. The van der Waals surface area contributed by atoms with E-state index in [9.17, 15) is 9.59 Å². The zero-order valence-corrected chi connectivity index (χ0v) is 14.8. The highest BCUT2D eigenvalue weighted by Gasteiger charge is 2.21. The maximum atomic E-state index is 12.7. The number of nitrogens with two attached hydrogens (primary N) is 1. The van der Waals surface area contributed by atoms with Crippen LogP contribution in [-0.2, 0) is 9.53 Å². The molecule has 3 N–H and O–H groups in total. The first-order valence-electron chi connectivity index (χ1n) is 8.28. The molecule has 1 amide bonds. The lowest BCUT2D eigenvalue weighted by Crippen LogP contribution is -2.31. The second kappa shape index (κ2) is 8.33. The summed E-state index contributed by atoms with van der Waals surface area (Å²) in [5, 5.41) is 2.93. The highest BCUT2D eigenvalue weighted by atomic mass is 16.5. The van der Waals surface area contributed by atoms with Crippen LogP contribution in [0.2, 0.25) is 0 Å². The molecule has 25 heavy (non-hydrogen) atoms. The molecule has 2 rings (SSSR count). The number of amides is 1. The summed E-state index contributed by atoms with van der Waals surface area (Å²) in [7, 11) is 0. The summed E-state index contributed by atoms with van der Waals surface area (Å²) in [6, 6.07) is 14.1. The predicted molar refractivity (Wildman–Crippen MR) is 98.1 cm³/mol. The minimum absolute atomic E-state index is 0.0648. The van der Waals surface area contributed by atoms with Crippen molar-refractivity contribution in [3.63, 3.8) is 0 Å². The molecule has 0 spiro atoms. The molecule has 0 saturated carbocycles. The first-order chi connectivity index (χ1) is 11.9. The molecule has 0 heterocycles. The van der Waals surface area contributed by atoms with E-state index in [0.717, 1.165) is 11.1 Å². The average molecular weight is 340 g/mol. The minimum atomic E-state index is -0.471. The van der Waals surface area contributed by atoms with E-state index in [-0.39, 0.29) is 24.4 Å². The number of hydrogen-bond acceptors (Lipinski definition) is 4. The molecule has 5 nitrogen and oxygen atoms in total. The highest BCUT2D eigenvalue weighted by Crippen LogP contribution is 2.20. The van der Waals surface area contributed by atoms with Gasteiger partial charge in [0.2, 0.25) is 0 Å². The summed E-state index contributed by atoms with van der Waals surface area (Å²) in [5.74, 6) is -0.621. The molecule has 0 aliphatic rings. The predicted octanol–water partition coefficient (Wildman–Crippen LogP) is 3.39. The topological polar surface area (TPSA) is 81.4 Å². The maximum absolute atomic E-state index is 12.7. The molecule has 132 valence electrons. The zero-order valence-electron chi connectivity index (χ0n) is 14.8. The van der Waals surface area contributed by atoms with Crippen molar-refractivity contribution in [2.24, 2.45) is 0 Å². The number of anilines is 1. The van der Waals surface area contributed by atoms with Crippen molar-refractivity contribution >= 4 is 17.6 Å². The number of nitrogens with one attached hydrogen (secondary N) is 1. The van der Waals surface area contributed by atoms with Gasteiger partial charge in [0.25, 0.3) is 5.91 Å². The van der Waals surface area contributed by atoms with Crippen LogP contribution in [0.5, 0.6) is 0 Å². The molecule has 0 fully saturated rings. The van der Waals surface area contributed by atoms with Crippen LogP contribution in [0.4, 0.5) is 5.69 Å². The van der Waals surface area contributed by atoms with Gasteiger partial charge in [-0.15, -0.1) is 0 Å². The van der Waals surface area contributed by atoms with Crippen LogP contribution in [0.15, 0.2) is 48.5 Å². The summed E-state index contributed by atoms with van der Waals surface area (Å²) in [6.45, 7) is 5.44. The molecule has 5 heteroatoms. The van der Waals surface area contributed by atoms with Crippen LogP contribution >= 0.6 is 0 Å². The minimum Gasteiger partial charge on any atom is -0.463 e. The fourth-order valence-electron chi connectivity index (χ4n) is 2.54. The number of esters is 1. The molecule has 0 bridgehead atoms. The van der Waals surface area contributed by atoms with Crippen LogP contribution in [0.3, 0.4) is 0 Å². The Bertz CT molecular complexity index is 742. The second-order valence-electron chi connectivity index (χ2n) is 6.25. The normalized spacial score (nSPS) is 11.8. The Kier molecular flexibility index (Phi) is 6.17. The lowest BCUT2D eigenvalue weighted by atomic mass is 10.0. The molecule has 0 saturated heterocycles. The van der Waals surface area contributed by atoms with Crippen LogP contribution in [0, 0.1) is 6.92 Å². The van der Waals surface area contributed by atoms with Gasteiger partial charge in [0, 0.05) is 11.3 Å². The van der Waals surface area contributed by atoms with E-state index in [1.165, 1.54) is 0 Å². The van der Waals surface area contributed by atoms with Crippen molar-refractivity contribution in [3.05, 3.63) is 65.2 Å². The fraction of sp³-hybridized carbons (Fsp3) is 0.300. The number of benzene rings is 2. The van der Waals surface area contributed by atoms with E-state index in [0.29, 0.717) is 11.3 Å². The van der Waals surface area contributed by atoms with E-state index in [1.807, 2.05) is 37.3 Å². The molecule has 0 aliphatic heterocycles. The number of carbonyl (C=O) groups excluding carboxylic acids is 2. The molecular formula is C20H24N2O3. The van der Waals surface area contributed by atoms with E-state index >= 15 is 0 Å². The quantitative estimate of drug-likeness (QED) is 0.624. The second-order valence-corrected chi connectivity index (χ2v) is 6.25. The van der Waals surface area contributed by atoms with E-state index in [1.54, 1.807) is 32.0 Å². The van der Waals surface area contributed by atoms with Gasteiger partial charge in [0.05, 0.1) is 18.6 Å². The zero-order chi connectivity index (χ0) is 18.4. The Labute approximate surface area is 148 Å². The molecular weight excluding hydrogens is 316 g/mol. The third kappa shape index (κ3) is 5.35. The smallest absolute Gasteiger partial charge is 0.308 e. The first-order valence-corrected chi connectivity index (χ1v) is 8.28. The molecule has 0 aliphatic carbocycles. The Hall–Kier alpha value is -2.82. The van der Waals surface area contributed by atoms with Crippen molar-refractivity contribution in [2.75, 3.05) is 5.73 Å². The third-order valence-corrected chi connectivity index (χ3v) is 3.75. The molecule has 1 unspecified atom stereocenters. The van der Waals surface area contributed by atoms with Gasteiger partial charge in [0.1, 0.15) is 0 Å². The van der Waals surface area contributed by atoms with Crippen molar-refractivity contribution in [3.8, 4) is 0 Å². The summed E-state index contributed by atoms with van der Waals surface area (Å²) >= 11 is 0. The lowest BCUT2D eigenvalue weighted by molar-refractivity contribution is -0.147. The van der Waals surface area contributed by atoms with Crippen molar-refractivity contribution in [1.29, 1.82) is 0 Å². The Balaban J connectivity index is 2.22. The van der Waals surface area contributed by atoms with Crippen LogP contribution < -0.4 is 11.1 Å². The molecule has 2 aromatic rings. The van der Waals surface area contributed by atoms with Crippen LogP contribution in [-0.4, -0.2) is 18.0 Å². The summed E-state index contributed by atoms with van der Waals surface area (Å²) in [4.78, 5) is 24.8. The number of nitrogen functional groups attached to an aromatic ring is 1. The van der Waals surface area contributed by atoms with Crippen molar-refractivity contribution in [2.45, 2.75) is 39.3 Å². The number of aryl methyl sites for hydroxylation is 1. The van der Waals surface area contributed by atoms with Gasteiger partial charge in [-0.2, -0.15) is 0 Å². The van der Waals surface area contributed by atoms with Gasteiger partial charge in [-0.05, 0) is 44.0 Å². The average Bonchev–Trinajstić information content (AvgIpc) is 2.56. The number of rotatable bonds is 6. The van der Waals surface area contributed by atoms with Gasteiger partial charge < -0.3 is 15.8 Å². The SMILES string of the molecule is Cc1ccc(N)cc1C(=O)NC(CC(=O)OC(C)C)c1ccccc1. The van der Waals surface area contributed by atoms with E-state index in [4.69, 9.17) is 10.5 Å². The number of hydrogen-bond donors (Lipinski definition) is 2. The third-order valence-electron chi connectivity index (χ3n) is 3.75. The van der Waals surface area contributed by atoms with Crippen molar-refractivity contribution < 1.29 is 14.3 Å². The van der Waals surface area contributed by atoms with Gasteiger partial charge in [-0.3, -0.25) is 9.59 Å². The largest absolute Gasteiger partial charge is 0.463 e. The highest BCUT2D eigenvalue weighted by molar-refractivity contribution is 5.97. The van der Waals surface area contributed by atoms with Gasteiger partial charge in [0.15, 0.2) is 0 Å². The number of ether oxygens (including phenoxy) is 1. The Morgan fingerprint density at radius 2 is 1.80 bits per heavy atom. The van der Waals surface area contributed by atoms with Crippen molar-refractivity contribution in [1.82, 2.24) is 5.32 Å².